The molecule has 0 bridgehead atoms. The molecular formula is C62H40N2. The van der Waals surface area contributed by atoms with Crippen LogP contribution in [0.3, 0.4) is 0 Å². The van der Waals surface area contributed by atoms with Gasteiger partial charge in [0.15, 0.2) is 5.82 Å². The number of aromatic nitrogens is 2. The molecule has 0 spiro atoms. The van der Waals surface area contributed by atoms with E-state index in [4.69, 9.17) is 9.97 Å². The van der Waals surface area contributed by atoms with Gasteiger partial charge in [-0.2, -0.15) is 0 Å². The predicted octanol–water partition coefficient (Wildman–Crippen LogP) is 16.8. The van der Waals surface area contributed by atoms with Gasteiger partial charge >= 0.3 is 0 Å². The quantitative estimate of drug-likeness (QED) is 0.150. The van der Waals surface area contributed by atoms with E-state index in [-0.39, 0.29) is 0 Å². The molecule has 0 radical (unpaired) electrons. The van der Waals surface area contributed by atoms with Crippen molar-refractivity contribution in [1.29, 1.82) is 0 Å². The van der Waals surface area contributed by atoms with Crippen molar-refractivity contribution in [2.75, 3.05) is 0 Å². The first-order valence-electron chi connectivity index (χ1n) is 21.9. The lowest BCUT2D eigenvalue weighted by Gasteiger charge is -2.18. The average Bonchev–Trinajstić information content (AvgIpc) is 3.38. The molecule has 0 saturated heterocycles. The Labute approximate surface area is 372 Å². The second kappa shape index (κ2) is 15.8. The van der Waals surface area contributed by atoms with Crippen molar-refractivity contribution in [1.82, 2.24) is 9.97 Å². The highest BCUT2D eigenvalue weighted by molar-refractivity contribution is 6.22. The Hall–Kier alpha value is -8.46. The smallest absolute Gasteiger partial charge is 0.160 e. The Balaban J connectivity index is 0.968. The Morgan fingerprint density at radius 1 is 0.188 bits per heavy atom. The third-order valence-corrected chi connectivity index (χ3v) is 12.7. The zero-order chi connectivity index (χ0) is 42.4. The molecule has 0 saturated carbocycles. The second-order valence-electron chi connectivity index (χ2n) is 16.4. The lowest BCUT2D eigenvalue weighted by molar-refractivity contribution is 1.18. The Bertz CT molecular complexity index is 3330. The van der Waals surface area contributed by atoms with Crippen LogP contribution in [-0.2, 0) is 0 Å². The molecule has 1 heterocycles. The molecule has 12 aromatic rings. The third-order valence-electron chi connectivity index (χ3n) is 12.7. The molecule has 1 aromatic heterocycles. The van der Waals surface area contributed by atoms with Gasteiger partial charge in [-0.3, -0.25) is 0 Å². The summed E-state index contributed by atoms with van der Waals surface area (Å²) >= 11 is 0. The first-order chi connectivity index (χ1) is 31.8. The molecule has 0 aliphatic rings. The monoisotopic (exact) mass is 812 g/mol. The molecule has 0 amide bonds. The highest BCUT2D eigenvalue weighted by Gasteiger charge is 2.19. The second-order valence-corrected chi connectivity index (χ2v) is 16.4. The molecule has 0 unspecified atom stereocenters. The van der Waals surface area contributed by atoms with Crippen molar-refractivity contribution in [2.45, 2.75) is 0 Å². The van der Waals surface area contributed by atoms with Gasteiger partial charge in [0.2, 0.25) is 0 Å². The molecule has 12 rings (SSSR count). The van der Waals surface area contributed by atoms with Gasteiger partial charge in [-0.25, -0.2) is 9.97 Å². The van der Waals surface area contributed by atoms with E-state index in [0.29, 0.717) is 5.82 Å². The van der Waals surface area contributed by atoms with Crippen molar-refractivity contribution < 1.29 is 0 Å². The van der Waals surface area contributed by atoms with Gasteiger partial charge in [0.1, 0.15) is 0 Å². The van der Waals surface area contributed by atoms with Gasteiger partial charge in [-0.15, -0.1) is 0 Å². The van der Waals surface area contributed by atoms with E-state index in [1.807, 2.05) is 18.2 Å². The highest BCUT2D eigenvalue weighted by Crippen LogP contribution is 2.46. The van der Waals surface area contributed by atoms with Gasteiger partial charge in [0.05, 0.1) is 11.4 Å². The molecule has 0 N–H and O–H groups in total. The molecule has 0 aliphatic carbocycles. The SMILES string of the molecule is c1ccc(-c2nc(-c3ccc(-c4c5ccccc5c(-c5ccccc5)c5ccccc45)cc3)cc(-c3ccc(-c4c5ccccc5c(-c5ccccc5)c5ccccc45)cc3)n2)cc1. The summed E-state index contributed by atoms with van der Waals surface area (Å²) in [6.07, 6.45) is 0. The summed E-state index contributed by atoms with van der Waals surface area (Å²) in [6, 6.07) is 87.0. The predicted molar refractivity (Wildman–Crippen MR) is 270 cm³/mol. The largest absolute Gasteiger partial charge is 0.228 e. The van der Waals surface area contributed by atoms with E-state index < -0.39 is 0 Å². The molecule has 0 aliphatic heterocycles. The number of hydrogen-bond acceptors (Lipinski definition) is 2. The lowest BCUT2D eigenvalue weighted by Crippen LogP contribution is -1.96. The van der Waals surface area contributed by atoms with E-state index in [2.05, 4.69) is 224 Å². The van der Waals surface area contributed by atoms with Crippen LogP contribution in [0.5, 0.6) is 0 Å². The minimum absolute atomic E-state index is 0.697. The van der Waals surface area contributed by atoms with Gasteiger partial charge in [0, 0.05) is 16.7 Å². The number of fused-ring (bicyclic) bond motifs is 4. The van der Waals surface area contributed by atoms with Crippen LogP contribution in [0.4, 0.5) is 0 Å². The first kappa shape index (κ1) is 37.3. The summed E-state index contributed by atoms with van der Waals surface area (Å²) in [5.74, 6) is 0.697. The molecule has 298 valence electrons. The number of benzene rings is 11. The van der Waals surface area contributed by atoms with Crippen LogP contribution >= 0.6 is 0 Å². The van der Waals surface area contributed by atoms with Crippen molar-refractivity contribution in [3.05, 3.63) is 243 Å². The van der Waals surface area contributed by atoms with E-state index in [1.54, 1.807) is 0 Å². The molecule has 64 heavy (non-hydrogen) atoms. The molecular weight excluding hydrogens is 773 g/mol. The van der Waals surface area contributed by atoms with Crippen molar-refractivity contribution >= 4 is 43.1 Å². The fourth-order valence-electron chi connectivity index (χ4n) is 9.79. The topological polar surface area (TPSA) is 25.8 Å². The lowest BCUT2D eigenvalue weighted by atomic mass is 9.86. The van der Waals surface area contributed by atoms with Crippen LogP contribution in [-0.4, -0.2) is 9.97 Å². The maximum atomic E-state index is 5.20. The van der Waals surface area contributed by atoms with E-state index >= 15 is 0 Å². The number of nitrogens with zero attached hydrogens (tertiary/aromatic N) is 2. The minimum atomic E-state index is 0.697. The molecule has 0 atom stereocenters. The summed E-state index contributed by atoms with van der Waals surface area (Å²) in [4.78, 5) is 10.4. The highest BCUT2D eigenvalue weighted by atomic mass is 14.9. The molecule has 0 fully saturated rings. The third kappa shape index (κ3) is 6.44. The first-order valence-corrected chi connectivity index (χ1v) is 21.9. The normalized spacial score (nSPS) is 11.4. The van der Waals surface area contributed by atoms with Crippen LogP contribution in [0.1, 0.15) is 0 Å². The minimum Gasteiger partial charge on any atom is -0.228 e. The van der Waals surface area contributed by atoms with Gasteiger partial charge < -0.3 is 0 Å². The maximum absolute atomic E-state index is 5.20. The van der Waals surface area contributed by atoms with E-state index in [0.717, 1.165) is 28.1 Å². The van der Waals surface area contributed by atoms with Crippen molar-refractivity contribution in [2.24, 2.45) is 0 Å². The zero-order valence-corrected chi connectivity index (χ0v) is 35.0. The van der Waals surface area contributed by atoms with Gasteiger partial charge in [-0.05, 0) is 93.7 Å². The molecule has 2 nitrogen and oxygen atoms in total. The van der Waals surface area contributed by atoms with Gasteiger partial charge in [-0.1, -0.05) is 237 Å². The summed E-state index contributed by atoms with van der Waals surface area (Å²) in [5.41, 5.74) is 14.6. The standard InChI is InChI=1S/C62H40N2/c1-4-18-43(19-5-1)58-48-24-10-14-28-52(48)60(53-29-15-11-25-49(53)58)45-36-32-41(33-37-45)56-40-57(64-62(63-56)47-22-8-3-9-23-47)42-34-38-46(39-35-42)61-54-30-16-12-26-50(54)59(44-20-6-2-7-21-44)51-27-13-17-31-55(51)61/h1-40H. The molecule has 2 heteroatoms. The Morgan fingerprint density at radius 3 is 0.688 bits per heavy atom. The summed E-state index contributed by atoms with van der Waals surface area (Å²) in [7, 11) is 0. The number of hydrogen-bond donors (Lipinski definition) is 0. The number of rotatable bonds is 7. The summed E-state index contributed by atoms with van der Waals surface area (Å²) in [5, 5.41) is 9.93. The van der Waals surface area contributed by atoms with Crippen LogP contribution in [0, 0.1) is 0 Å². The summed E-state index contributed by atoms with van der Waals surface area (Å²) < 4.78 is 0. The molecule has 11 aromatic carbocycles. The fourth-order valence-corrected chi connectivity index (χ4v) is 9.79. The Kier molecular flexibility index (Phi) is 9.20. The van der Waals surface area contributed by atoms with Crippen LogP contribution in [0.15, 0.2) is 243 Å². The maximum Gasteiger partial charge on any atom is 0.160 e. The Morgan fingerprint density at radius 2 is 0.406 bits per heavy atom. The summed E-state index contributed by atoms with van der Waals surface area (Å²) in [6.45, 7) is 0. The van der Waals surface area contributed by atoms with E-state index in [9.17, 15) is 0 Å². The van der Waals surface area contributed by atoms with Crippen LogP contribution in [0.2, 0.25) is 0 Å². The van der Waals surface area contributed by atoms with Crippen LogP contribution < -0.4 is 0 Å². The van der Waals surface area contributed by atoms with Crippen molar-refractivity contribution in [3.8, 4) is 78.4 Å². The van der Waals surface area contributed by atoms with Crippen molar-refractivity contribution in [3.63, 3.8) is 0 Å². The average molecular weight is 813 g/mol. The van der Waals surface area contributed by atoms with Gasteiger partial charge in [0.25, 0.3) is 0 Å². The van der Waals surface area contributed by atoms with E-state index in [1.165, 1.54) is 87.6 Å². The van der Waals surface area contributed by atoms with Crippen LogP contribution in [0.25, 0.3) is 122 Å². The zero-order valence-electron chi connectivity index (χ0n) is 35.0. The fraction of sp³-hybridized carbons (Fsp3) is 0.